The van der Waals surface area contributed by atoms with Gasteiger partial charge in [-0.3, -0.25) is 4.79 Å². The van der Waals surface area contributed by atoms with Gasteiger partial charge in [0.05, 0.1) is 16.6 Å². The summed E-state index contributed by atoms with van der Waals surface area (Å²) in [6.45, 7) is 4.15. The first-order valence-electron chi connectivity index (χ1n) is 6.16. The van der Waals surface area contributed by atoms with Crippen LogP contribution >= 0.6 is 11.3 Å². The number of hydrogen-bond acceptors (Lipinski definition) is 3. The predicted molar refractivity (Wildman–Crippen MR) is 68.3 cm³/mol. The number of rotatable bonds is 4. The summed E-state index contributed by atoms with van der Waals surface area (Å²) in [5.74, 6) is -0.0577. The molecule has 0 aliphatic heterocycles. The molecule has 1 aliphatic rings. The SMILES string of the molecule is Cc1ncsc1CCC1(C(=O)O)CCC(C)C1. The Hall–Kier alpha value is -0.900. The first-order valence-corrected chi connectivity index (χ1v) is 7.04. The molecule has 0 spiro atoms. The average molecular weight is 253 g/mol. The number of carboxylic acids is 1. The van der Waals surface area contributed by atoms with E-state index in [9.17, 15) is 9.90 Å². The third kappa shape index (κ3) is 2.51. The average Bonchev–Trinajstić information content (AvgIpc) is 2.83. The molecule has 17 heavy (non-hydrogen) atoms. The van der Waals surface area contributed by atoms with Crippen LogP contribution in [-0.4, -0.2) is 16.1 Å². The van der Waals surface area contributed by atoms with Crippen LogP contribution < -0.4 is 0 Å². The second-order valence-corrected chi connectivity index (χ2v) is 6.23. The maximum atomic E-state index is 11.5. The molecule has 1 heterocycles. The van der Waals surface area contributed by atoms with Crippen molar-refractivity contribution < 1.29 is 9.90 Å². The quantitative estimate of drug-likeness (QED) is 0.896. The highest BCUT2D eigenvalue weighted by molar-refractivity contribution is 7.09. The van der Waals surface area contributed by atoms with Crippen LogP contribution in [0.15, 0.2) is 5.51 Å². The van der Waals surface area contributed by atoms with E-state index in [0.29, 0.717) is 5.92 Å². The number of thiazole rings is 1. The molecule has 3 nitrogen and oxygen atoms in total. The van der Waals surface area contributed by atoms with Crippen LogP contribution in [0, 0.1) is 18.3 Å². The minimum absolute atomic E-state index is 0.476. The molecular weight excluding hydrogens is 234 g/mol. The summed E-state index contributed by atoms with van der Waals surface area (Å²) in [4.78, 5) is 17.0. The molecular formula is C13H19NO2S. The fourth-order valence-corrected chi connectivity index (χ4v) is 3.62. The second-order valence-electron chi connectivity index (χ2n) is 5.29. The standard InChI is InChI=1S/C13H19NO2S/c1-9-3-5-13(7-9,12(15)16)6-4-11-10(2)14-8-17-11/h8-9H,3-7H2,1-2H3,(H,15,16). The highest BCUT2D eigenvalue weighted by Gasteiger charge is 2.43. The summed E-state index contributed by atoms with van der Waals surface area (Å²) in [6, 6.07) is 0. The van der Waals surface area contributed by atoms with Gasteiger partial charge in [0, 0.05) is 4.88 Å². The van der Waals surface area contributed by atoms with E-state index >= 15 is 0 Å². The third-order valence-electron chi connectivity index (χ3n) is 3.98. The Morgan fingerprint density at radius 3 is 2.94 bits per heavy atom. The number of nitrogens with zero attached hydrogens (tertiary/aromatic N) is 1. The molecule has 1 fully saturated rings. The molecule has 2 rings (SSSR count). The normalized spacial score (nSPS) is 28.5. The van der Waals surface area contributed by atoms with Gasteiger partial charge < -0.3 is 5.11 Å². The molecule has 0 amide bonds. The van der Waals surface area contributed by atoms with Crippen molar-refractivity contribution in [2.75, 3.05) is 0 Å². The zero-order valence-electron chi connectivity index (χ0n) is 10.4. The van der Waals surface area contributed by atoms with E-state index in [2.05, 4.69) is 11.9 Å². The van der Waals surface area contributed by atoms with Gasteiger partial charge in [0.15, 0.2) is 0 Å². The monoisotopic (exact) mass is 253 g/mol. The van der Waals surface area contributed by atoms with E-state index < -0.39 is 11.4 Å². The van der Waals surface area contributed by atoms with Crippen molar-refractivity contribution in [1.82, 2.24) is 4.98 Å². The molecule has 2 atom stereocenters. The Kier molecular flexibility index (Phi) is 3.52. The fraction of sp³-hybridized carbons (Fsp3) is 0.692. The van der Waals surface area contributed by atoms with E-state index in [1.807, 2.05) is 12.4 Å². The third-order valence-corrected chi connectivity index (χ3v) is 4.98. The topological polar surface area (TPSA) is 50.2 Å². The van der Waals surface area contributed by atoms with Crippen molar-refractivity contribution in [3.05, 3.63) is 16.1 Å². The summed E-state index contributed by atoms with van der Waals surface area (Å²) < 4.78 is 0. The van der Waals surface area contributed by atoms with Gasteiger partial charge in [-0.05, 0) is 44.9 Å². The number of aromatic nitrogens is 1. The smallest absolute Gasteiger partial charge is 0.309 e. The van der Waals surface area contributed by atoms with Crippen molar-refractivity contribution in [3.8, 4) is 0 Å². The molecule has 1 saturated carbocycles. The van der Waals surface area contributed by atoms with Crippen molar-refractivity contribution >= 4 is 17.3 Å². The Labute approximate surface area is 106 Å². The molecule has 94 valence electrons. The molecule has 1 aromatic heterocycles. The maximum absolute atomic E-state index is 11.5. The van der Waals surface area contributed by atoms with Crippen molar-refractivity contribution in [2.24, 2.45) is 11.3 Å². The molecule has 1 aliphatic carbocycles. The van der Waals surface area contributed by atoms with Gasteiger partial charge in [0.25, 0.3) is 0 Å². The van der Waals surface area contributed by atoms with E-state index in [-0.39, 0.29) is 0 Å². The fourth-order valence-electron chi connectivity index (χ4n) is 2.84. The number of carbonyl (C=O) groups is 1. The summed E-state index contributed by atoms with van der Waals surface area (Å²) in [7, 11) is 0. The molecule has 0 radical (unpaired) electrons. The zero-order valence-corrected chi connectivity index (χ0v) is 11.2. The van der Waals surface area contributed by atoms with Crippen LogP contribution in [0.4, 0.5) is 0 Å². The summed E-state index contributed by atoms with van der Waals surface area (Å²) in [5.41, 5.74) is 2.42. The lowest BCUT2D eigenvalue weighted by Gasteiger charge is -2.23. The molecule has 4 heteroatoms. The van der Waals surface area contributed by atoms with Gasteiger partial charge in [0.2, 0.25) is 0 Å². The summed E-state index contributed by atoms with van der Waals surface area (Å²) in [6.07, 6.45) is 4.33. The Morgan fingerprint density at radius 2 is 2.47 bits per heavy atom. The first-order chi connectivity index (χ1) is 8.03. The largest absolute Gasteiger partial charge is 0.481 e. The molecule has 0 aromatic carbocycles. The second kappa shape index (κ2) is 4.77. The van der Waals surface area contributed by atoms with Gasteiger partial charge in [-0.25, -0.2) is 4.98 Å². The lowest BCUT2D eigenvalue weighted by molar-refractivity contribution is -0.149. The van der Waals surface area contributed by atoms with E-state index in [0.717, 1.165) is 37.8 Å². The van der Waals surface area contributed by atoms with Crippen LogP contribution in [0.2, 0.25) is 0 Å². The van der Waals surface area contributed by atoms with E-state index in [1.165, 1.54) is 4.88 Å². The van der Waals surface area contributed by atoms with Crippen molar-refractivity contribution in [2.45, 2.75) is 46.0 Å². The number of aliphatic carboxylic acids is 1. The van der Waals surface area contributed by atoms with Gasteiger partial charge in [-0.15, -0.1) is 11.3 Å². The molecule has 2 unspecified atom stereocenters. The van der Waals surface area contributed by atoms with Gasteiger partial charge in [0.1, 0.15) is 0 Å². The van der Waals surface area contributed by atoms with Gasteiger partial charge in [-0.2, -0.15) is 0 Å². The predicted octanol–water partition coefficient (Wildman–Crippen LogP) is 3.28. The Morgan fingerprint density at radius 1 is 1.71 bits per heavy atom. The molecule has 0 saturated heterocycles. The zero-order chi connectivity index (χ0) is 12.5. The van der Waals surface area contributed by atoms with Crippen LogP contribution in [0.5, 0.6) is 0 Å². The number of aryl methyl sites for hydroxylation is 2. The maximum Gasteiger partial charge on any atom is 0.309 e. The Balaban J connectivity index is 2.05. The van der Waals surface area contributed by atoms with Crippen molar-refractivity contribution in [1.29, 1.82) is 0 Å². The van der Waals surface area contributed by atoms with E-state index in [1.54, 1.807) is 11.3 Å². The lowest BCUT2D eigenvalue weighted by Crippen LogP contribution is -2.28. The van der Waals surface area contributed by atoms with Crippen LogP contribution in [0.3, 0.4) is 0 Å². The lowest BCUT2D eigenvalue weighted by atomic mass is 9.80. The number of carboxylic acid groups (broad SMARTS) is 1. The molecule has 1 N–H and O–H groups in total. The first kappa shape index (κ1) is 12.6. The highest BCUT2D eigenvalue weighted by Crippen LogP contribution is 2.45. The Bertz CT molecular complexity index is 415. The summed E-state index contributed by atoms with van der Waals surface area (Å²) in [5, 5.41) is 9.47. The van der Waals surface area contributed by atoms with Crippen molar-refractivity contribution in [3.63, 3.8) is 0 Å². The van der Waals surface area contributed by atoms with Crippen LogP contribution in [0.1, 0.15) is 43.2 Å². The van der Waals surface area contributed by atoms with Gasteiger partial charge in [-0.1, -0.05) is 6.92 Å². The minimum atomic E-state index is -0.607. The summed E-state index contributed by atoms with van der Waals surface area (Å²) >= 11 is 1.64. The van der Waals surface area contributed by atoms with Crippen LogP contribution in [0.25, 0.3) is 0 Å². The van der Waals surface area contributed by atoms with E-state index in [4.69, 9.17) is 0 Å². The molecule has 0 bridgehead atoms. The highest BCUT2D eigenvalue weighted by atomic mass is 32.1. The molecule has 1 aromatic rings. The van der Waals surface area contributed by atoms with Gasteiger partial charge >= 0.3 is 5.97 Å². The van der Waals surface area contributed by atoms with Crippen LogP contribution in [-0.2, 0) is 11.2 Å². The number of hydrogen-bond donors (Lipinski definition) is 1. The minimum Gasteiger partial charge on any atom is -0.481 e.